The minimum absolute atomic E-state index is 0.477. The van der Waals surface area contributed by atoms with E-state index in [9.17, 15) is 0 Å². The summed E-state index contributed by atoms with van der Waals surface area (Å²) in [5, 5.41) is 0. The molecule has 0 radical (unpaired) electrons. The van der Waals surface area contributed by atoms with Crippen molar-refractivity contribution in [2.45, 2.75) is 19.3 Å². The van der Waals surface area contributed by atoms with Crippen LogP contribution in [0.5, 0.6) is 0 Å². The second-order valence-corrected chi connectivity index (χ2v) is 8.86. The van der Waals surface area contributed by atoms with E-state index in [0.717, 1.165) is 5.75 Å². The number of hydrogen-bond donors (Lipinski definition) is 0. The molecule has 23 heavy (non-hydrogen) atoms. The van der Waals surface area contributed by atoms with Crippen LogP contribution in [-0.4, -0.2) is 10.3 Å². The van der Waals surface area contributed by atoms with Crippen molar-refractivity contribution in [3.8, 4) is 0 Å². The molecule has 0 aliphatic carbocycles. The highest BCUT2D eigenvalue weighted by atomic mass is 32.2. The summed E-state index contributed by atoms with van der Waals surface area (Å²) in [6.07, 6.45) is 0. The van der Waals surface area contributed by atoms with Gasteiger partial charge in [0, 0.05) is 20.4 Å². The van der Waals surface area contributed by atoms with Crippen LogP contribution in [0.25, 0.3) is 0 Å². The van der Waals surface area contributed by atoms with Gasteiger partial charge in [-0.1, -0.05) is 54.6 Å². The van der Waals surface area contributed by atoms with Crippen molar-refractivity contribution in [2.24, 2.45) is 0 Å². The Bertz CT molecular complexity index is 642. The summed E-state index contributed by atoms with van der Waals surface area (Å²) < 4.78 is 0.477. The van der Waals surface area contributed by atoms with Crippen molar-refractivity contribution in [1.29, 1.82) is 0 Å². The summed E-state index contributed by atoms with van der Waals surface area (Å²) >= 11 is 5.82. The molecule has 0 unspecified atom stereocenters. The number of rotatable bonds is 7. The lowest BCUT2D eigenvalue weighted by Gasteiger charge is -2.16. The van der Waals surface area contributed by atoms with E-state index >= 15 is 0 Å². The molecular weight excluding hydrogens is 336 g/mol. The van der Waals surface area contributed by atoms with E-state index in [2.05, 4.69) is 91.0 Å². The fourth-order valence-electron chi connectivity index (χ4n) is 2.07. The molecule has 3 aromatic carbocycles. The maximum absolute atomic E-state index is 2.19. The normalized spacial score (nSPS) is 10.8. The molecule has 0 nitrogen and oxygen atoms in total. The van der Waals surface area contributed by atoms with Gasteiger partial charge in [0.05, 0.1) is 4.58 Å². The van der Waals surface area contributed by atoms with Gasteiger partial charge in [0.1, 0.15) is 0 Å². The molecule has 0 aliphatic rings. The van der Waals surface area contributed by atoms with Crippen LogP contribution in [0.3, 0.4) is 0 Å². The topological polar surface area (TPSA) is 0 Å². The molecule has 3 heteroatoms. The van der Waals surface area contributed by atoms with Gasteiger partial charge >= 0.3 is 0 Å². The Morgan fingerprint density at radius 3 is 1.35 bits per heavy atom. The van der Waals surface area contributed by atoms with Crippen LogP contribution in [0.1, 0.15) is 0 Å². The van der Waals surface area contributed by atoms with E-state index in [4.69, 9.17) is 0 Å². The van der Waals surface area contributed by atoms with E-state index in [1.54, 1.807) is 0 Å². The van der Waals surface area contributed by atoms with Crippen LogP contribution in [0.4, 0.5) is 0 Å². The van der Waals surface area contributed by atoms with Crippen molar-refractivity contribution < 1.29 is 0 Å². The standard InChI is InChI=1S/C20H18S3/c1-4-10-17(11-5-1)21-16-20(22-18-12-6-2-7-13-18)23-19-14-8-3-9-15-19/h1-15,20H,16H2. The third-order valence-corrected chi connectivity index (χ3v) is 7.20. The van der Waals surface area contributed by atoms with Crippen LogP contribution >= 0.6 is 35.3 Å². The molecule has 0 bridgehead atoms. The quantitative estimate of drug-likeness (QED) is 0.343. The van der Waals surface area contributed by atoms with Gasteiger partial charge in [0.25, 0.3) is 0 Å². The summed E-state index contributed by atoms with van der Waals surface area (Å²) in [6.45, 7) is 0. The third kappa shape index (κ3) is 5.69. The van der Waals surface area contributed by atoms with E-state index in [-0.39, 0.29) is 0 Å². The van der Waals surface area contributed by atoms with Crippen molar-refractivity contribution in [1.82, 2.24) is 0 Å². The highest BCUT2D eigenvalue weighted by Gasteiger charge is 2.13. The van der Waals surface area contributed by atoms with Crippen molar-refractivity contribution in [3.63, 3.8) is 0 Å². The Balaban J connectivity index is 1.67. The predicted molar refractivity (Wildman–Crippen MR) is 106 cm³/mol. The zero-order valence-electron chi connectivity index (χ0n) is 12.7. The molecule has 0 atom stereocenters. The average molecular weight is 355 g/mol. The van der Waals surface area contributed by atoms with Gasteiger partial charge in [-0.2, -0.15) is 0 Å². The lowest BCUT2D eigenvalue weighted by atomic mass is 10.4. The molecule has 3 aromatic rings. The molecule has 0 N–H and O–H groups in total. The van der Waals surface area contributed by atoms with E-state index in [1.165, 1.54) is 14.7 Å². The molecule has 0 saturated heterocycles. The van der Waals surface area contributed by atoms with Crippen LogP contribution < -0.4 is 0 Å². The minimum atomic E-state index is 0.477. The number of thioether (sulfide) groups is 3. The Kier molecular flexibility index (Phi) is 6.56. The zero-order valence-corrected chi connectivity index (χ0v) is 15.1. The third-order valence-electron chi connectivity index (χ3n) is 3.15. The highest BCUT2D eigenvalue weighted by molar-refractivity contribution is 8.18. The molecule has 0 fully saturated rings. The molecular formula is C20H18S3. The lowest BCUT2D eigenvalue weighted by molar-refractivity contribution is 1.35. The number of hydrogen-bond acceptors (Lipinski definition) is 3. The Morgan fingerprint density at radius 2 is 0.913 bits per heavy atom. The molecule has 0 saturated carbocycles. The first-order chi connectivity index (χ1) is 11.4. The first-order valence-corrected chi connectivity index (χ1v) is 10.3. The number of benzene rings is 3. The van der Waals surface area contributed by atoms with Crippen LogP contribution in [0.15, 0.2) is 106 Å². The predicted octanol–water partition coefficient (Wildman–Crippen LogP) is 6.69. The molecule has 0 aromatic heterocycles. The van der Waals surface area contributed by atoms with E-state index in [1.807, 2.05) is 35.3 Å². The van der Waals surface area contributed by atoms with Crippen LogP contribution in [0.2, 0.25) is 0 Å². The molecule has 0 spiro atoms. The van der Waals surface area contributed by atoms with Gasteiger partial charge in [-0.25, -0.2) is 0 Å². The van der Waals surface area contributed by atoms with Gasteiger partial charge < -0.3 is 0 Å². The summed E-state index contributed by atoms with van der Waals surface area (Å²) in [5.74, 6) is 1.07. The van der Waals surface area contributed by atoms with E-state index in [0.29, 0.717) is 4.58 Å². The Hall–Kier alpha value is -1.29. The van der Waals surface area contributed by atoms with Gasteiger partial charge in [-0.3, -0.25) is 0 Å². The lowest BCUT2D eigenvalue weighted by Crippen LogP contribution is -2.00. The van der Waals surface area contributed by atoms with Crippen LogP contribution in [0, 0.1) is 0 Å². The maximum atomic E-state index is 2.19. The van der Waals surface area contributed by atoms with Gasteiger partial charge in [-0.15, -0.1) is 35.3 Å². The highest BCUT2D eigenvalue weighted by Crippen LogP contribution is 2.38. The fourth-order valence-corrected chi connectivity index (χ4v) is 5.80. The van der Waals surface area contributed by atoms with Crippen molar-refractivity contribution in [3.05, 3.63) is 91.0 Å². The molecule has 3 rings (SSSR count). The summed E-state index contributed by atoms with van der Waals surface area (Å²) in [5.41, 5.74) is 0. The largest absolute Gasteiger partial charge is 0.124 e. The van der Waals surface area contributed by atoms with Gasteiger partial charge in [0.15, 0.2) is 0 Å². The minimum Gasteiger partial charge on any atom is -0.124 e. The Morgan fingerprint density at radius 1 is 0.522 bits per heavy atom. The van der Waals surface area contributed by atoms with Crippen LogP contribution in [-0.2, 0) is 0 Å². The molecule has 116 valence electrons. The molecule has 0 heterocycles. The molecule has 0 aliphatic heterocycles. The Labute approximate surface area is 151 Å². The first kappa shape index (κ1) is 16.6. The smallest absolute Gasteiger partial charge is 0.0690 e. The maximum Gasteiger partial charge on any atom is 0.0690 e. The van der Waals surface area contributed by atoms with Gasteiger partial charge in [-0.05, 0) is 36.4 Å². The van der Waals surface area contributed by atoms with Crippen molar-refractivity contribution in [2.75, 3.05) is 5.75 Å². The second kappa shape index (κ2) is 9.11. The van der Waals surface area contributed by atoms with E-state index < -0.39 is 0 Å². The summed E-state index contributed by atoms with van der Waals surface area (Å²) in [4.78, 5) is 3.99. The average Bonchev–Trinajstić information content (AvgIpc) is 2.62. The SMILES string of the molecule is c1ccc(SCC(Sc2ccccc2)Sc2ccccc2)cc1. The second-order valence-electron chi connectivity index (χ2n) is 4.92. The van der Waals surface area contributed by atoms with Gasteiger partial charge in [0.2, 0.25) is 0 Å². The molecule has 0 amide bonds. The first-order valence-electron chi connectivity index (χ1n) is 7.51. The summed E-state index contributed by atoms with van der Waals surface area (Å²) in [7, 11) is 0. The fraction of sp³-hybridized carbons (Fsp3) is 0.100. The monoisotopic (exact) mass is 354 g/mol. The zero-order chi connectivity index (χ0) is 15.7. The van der Waals surface area contributed by atoms with Crippen molar-refractivity contribution >= 4 is 35.3 Å². The summed E-state index contributed by atoms with van der Waals surface area (Å²) in [6, 6.07) is 32.0.